The summed E-state index contributed by atoms with van der Waals surface area (Å²) >= 11 is 6.13. The number of hydrogen-bond acceptors (Lipinski definition) is 4. The Labute approximate surface area is 107 Å². The number of aliphatic hydroxyl groups is 1. The number of anilines is 1. The van der Waals surface area contributed by atoms with E-state index in [0.717, 1.165) is 24.3 Å². The van der Waals surface area contributed by atoms with E-state index >= 15 is 0 Å². The minimum Gasteiger partial charge on any atom is -0.388 e. The first-order valence-electron chi connectivity index (χ1n) is 5.88. The lowest BCUT2D eigenvalue weighted by Gasteiger charge is -2.23. The maximum absolute atomic E-state index is 10.0. The highest BCUT2D eigenvalue weighted by Crippen LogP contribution is 2.33. The first kappa shape index (κ1) is 12.6. The minimum absolute atomic E-state index is 0.268. The highest BCUT2D eigenvalue weighted by atomic mass is 35.5. The third-order valence-electron chi connectivity index (χ3n) is 3.14. The van der Waals surface area contributed by atoms with Gasteiger partial charge in [0.2, 0.25) is 0 Å². The summed E-state index contributed by atoms with van der Waals surface area (Å²) in [7, 11) is 0. The molecule has 0 aliphatic carbocycles. The summed E-state index contributed by atoms with van der Waals surface area (Å²) in [5, 5.41) is 10.5. The van der Waals surface area contributed by atoms with E-state index in [1.165, 1.54) is 6.33 Å². The first-order valence-corrected chi connectivity index (χ1v) is 6.26. The van der Waals surface area contributed by atoms with E-state index in [1.807, 2.05) is 6.92 Å². The molecule has 17 heavy (non-hydrogen) atoms. The average molecular weight is 256 g/mol. The van der Waals surface area contributed by atoms with E-state index in [4.69, 9.17) is 11.6 Å². The fourth-order valence-electron chi connectivity index (χ4n) is 2.24. The number of hydrogen-bond donors (Lipinski definition) is 1. The van der Waals surface area contributed by atoms with Crippen LogP contribution in [0.5, 0.6) is 0 Å². The molecule has 1 aliphatic rings. The predicted octanol–water partition coefficient (Wildman–Crippen LogP) is 2.21. The summed E-state index contributed by atoms with van der Waals surface area (Å²) in [6.07, 6.45) is 2.24. The van der Waals surface area contributed by atoms with Crippen LogP contribution in [-0.4, -0.2) is 33.8 Å². The topological polar surface area (TPSA) is 49.2 Å². The molecule has 1 N–H and O–H groups in total. The zero-order valence-electron chi connectivity index (χ0n) is 10.4. The Kier molecular flexibility index (Phi) is 3.27. The van der Waals surface area contributed by atoms with Gasteiger partial charge in [0, 0.05) is 18.7 Å². The van der Waals surface area contributed by atoms with Crippen LogP contribution in [0.1, 0.15) is 38.7 Å². The third kappa shape index (κ3) is 2.53. The van der Waals surface area contributed by atoms with Gasteiger partial charge < -0.3 is 10.0 Å². The SMILES string of the molecule is CC(C)c1c(Cl)ncnc1N1CCC(C)(O)C1. The Morgan fingerprint density at radius 2 is 2.18 bits per heavy atom. The molecule has 2 rings (SSSR count). The van der Waals surface area contributed by atoms with Crippen LogP contribution in [0.25, 0.3) is 0 Å². The van der Waals surface area contributed by atoms with E-state index < -0.39 is 5.60 Å². The molecule has 1 atom stereocenters. The molecule has 2 heterocycles. The normalized spacial score (nSPS) is 24.7. The van der Waals surface area contributed by atoms with Crippen molar-refractivity contribution in [3.8, 4) is 0 Å². The maximum Gasteiger partial charge on any atom is 0.138 e. The summed E-state index contributed by atoms with van der Waals surface area (Å²) in [4.78, 5) is 10.4. The van der Waals surface area contributed by atoms with Crippen molar-refractivity contribution in [3.05, 3.63) is 17.0 Å². The van der Waals surface area contributed by atoms with Gasteiger partial charge in [0.1, 0.15) is 17.3 Å². The van der Waals surface area contributed by atoms with Crippen molar-refractivity contribution in [1.29, 1.82) is 0 Å². The molecular formula is C12H18ClN3O. The van der Waals surface area contributed by atoms with Crippen molar-refractivity contribution in [3.63, 3.8) is 0 Å². The van der Waals surface area contributed by atoms with Crippen LogP contribution in [0.15, 0.2) is 6.33 Å². The minimum atomic E-state index is -0.633. The van der Waals surface area contributed by atoms with E-state index in [0.29, 0.717) is 11.7 Å². The molecule has 1 saturated heterocycles. The molecule has 1 aromatic rings. The van der Waals surface area contributed by atoms with Crippen LogP contribution < -0.4 is 4.90 Å². The molecule has 1 unspecified atom stereocenters. The third-order valence-corrected chi connectivity index (χ3v) is 3.44. The zero-order chi connectivity index (χ0) is 12.6. The standard InChI is InChI=1S/C12H18ClN3O/c1-8(2)9-10(13)14-7-15-11(9)16-5-4-12(3,17)6-16/h7-8,17H,4-6H2,1-3H3. The van der Waals surface area contributed by atoms with Gasteiger partial charge in [0.05, 0.1) is 5.60 Å². The molecule has 4 nitrogen and oxygen atoms in total. The Hall–Kier alpha value is -0.870. The number of β-amino-alcohol motifs (C(OH)–C–C–N with tert-alkyl or cyclic N) is 1. The van der Waals surface area contributed by atoms with E-state index in [1.54, 1.807) is 0 Å². The van der Waals surface area contributed by atoms with Gasteiger partial charge in [-0.3, -0.25) is 0 Å². The first-order chi connectivity index (χ1) is 7.91. The van der Waals surface area contributed by atoms with Crippen LogP contribution in [0.4, 0.5) is 5.82 Å². The van der Waals surface area contributed by atoms with Gasteiger partial charge in [-0.25, -0.2) is 9.97 Å². The van der Waals surface area contributed by atoms with Crippen LogP contribution in [0, 0.1) is 0 Å². The molecular weight excluding hydrogens is 238 g/mol. The van der Waals surface area contributed by atoms with Crippen molar-refractivity contribution in [1.82, 2.24) is 9.97 Å². The lowest BCUT2D eigenvalue weighted by molar-refractivity contribution is 0.0839. The van der Waals surface area contributed by atoms with Gasteiger partial charge in [-0.2, -0.15) is 0 Å². The van der Waals surface area contributed by atoms with Gasteiger partial charge in [0.25, 0.3) is 0 Å². The molecule has 0 bridgehead atoms. The van der Waals surface area contributed by atoms with Crippen LogP contribution in [0.2, 0.25) is 5.15 Å². The summed E-state index contributed by atoms with van der Waals surface area (Å²) in [6.45, 7) is 7.40. The molecule has 5 heteroatoms. The smallest absolute Gasteiger partial charge is 0.138 e. The average Bonchev–Trinajstić information content (AvgIpc) is 2.57. The Morgan fingerprint density at radius 3 is 2.71 bits per heavy atom. The number of aromatic nitrogens is 2. The number of rotatable bonds is 2. The van der Waals surface area contributed by atoms with Gasteiger partial charge in [-0.1, -0.05) is 25.4 Å². The highest BCUT2D eigenvalue weighted by molar-refractivity contribution is 6.30. The quantitative estimate of drug-likeness (QED) is 0.824. The summed E-state index contributed by atoms with van der Waals surface area (Å²) in [6, 6.07) is 0. The monoisotopic (exact) mass is 255 g/mol. The molecule has 0 amide bonds. The second kappa shape index (κ2) is 4.42. The molecule has 1 aliphatic heterocycles. The van der Waals surface area contributed by atoms with Crippen molar-refractivity contribution in [2.45, 2.75) is 38.7 Å². The van der Waals surface area contributed by atoms with Gasteiger partial charge in [0.15, 0.2) is 0 Å². The second-order valence-corrected chi connectivity index (χ2v) is 5.58. The summed E-state index contributed by atoms with van der Waals surface area (Å²) in [5.41, 5.74) is 0.331. The van der Waals surface area contributed by atoms with Crippen molar-refractivity contribution in [2.24, 2.45) is 0 Å². The van der Waals surface area contributed by atoms with Gasteiger partial charge in [-0.05, 0) is 19.3 Å². The highest BCUT2D eigenvalue weighted by Gasteiger charge is 2.33. The van der Waals surface area contributed by atoms with Crippen LogP contribution >= 0.6 is 11.6 Å². The van der Waals surface area contributed by atoms with Crippen molar-refractivity contribution < 1.29 is 5.11 Å². The molecule has 0 spiro atoms. The van der Waals surface area contributed by atoms with Crippen molar-refractivity contribution >= 4 is 17.4 Å². The number of halogens is 1. The van der Waals surface area contributed by atoms with E-state index in [9.17, 15) is 5.11 Å². The maximum atomic E-state index is 10.0. The summed E-state index contributed by atoms with van der Waals surface area (Å²) in [5.74, 6) is 1.13. The molecule has 0 aromatic carbocycles. The molecule has 0 saturated carbocycles. The Bertz CT molecular complexity index is 420. The zero-order valence-corrected chi connectivity index (χ0v) is 11.2. The van der Waals surface area contributed by atoms with Crippen molar-refractivity contribution in [2.75, 3.05) is 18.0 Å². The largest absolute Gasteiger partial charge is 0.388 e. The lowest BCUT2D eigenvalue weighted by atomic mass is 10.1. The number of nitrogens with zero attached hydrogens (tertiary/aromatic N) is 3. The Morgan fingerprint density at radius 1 is 1.47 bits per heavy atom. The van der Waals surface area contributed by atoms with Crippen LogP contribution in [-0.2, 0) is 0 Å². The predicted molar refractivity (Wildman–Crippen MR) is 68.6 cm³/mol. The molecule has 94 valence electrons. The molecule has 1 fully saturated rings. The lowest BCUT2D eigenvalue weighted by Crippen LogP contribution is -2.30. The second-order valence-electron chi connectivity index (χ2n) is 5.22. The van der Waals surface area contributed by atoms with E-state index in [2.05, 4.69) is 28.7 Å². The van der Waals surface area contributed by atoms with Gasteiger partial charge >= 0.3 is 0 Å². The summed E-state index contributed by atoms with van der Waals surface area (Å²) < 4.78 is 0. The fraction of sp³-hybridized carbons (Fsp3) is 0.667. The Balaban J connectivity index is 2.36. The molecule has 0 radical (unpaired) electrons. The fourth-order valence-corrected chi connectivity index (χ4v) is 2.59. The van der Waals surface area contributed by atoms with E-state index in [-0.39, 0.29) is 5.92 Å². The van der Waals surface area contributed by atoms with Crippen LogP contribution in [0.3, 0.4) is 0 Å². The van der Waals surface area contributed by atoms with Gasteiger partial charge in [-0.15, -0.1) is 0 Å². The molecule has 1 aromatic heterocycles.